The molecule has 1 aromatic carbocycles. The van der Waals surface area contributed by atoms with Crippen molar-refractivity contribution in [2.45, 2.75) is 32.2 Å². The standard InChI is InChI=1S/C15H19NO5/c1-3-11(17)7-8-13(15(20)21-2)16-14(19)10-5-4-6-12(18)9-10/h4-6,9,13,18H,3,7-8H2,1-2H3,(H,16,19)/t13-/m0/s1. The van der Waals surface area contributed by atoms with Gasteiger partial charge in [0.2, 0.25) is 0 Å². The molecule has 0 spiro atoms. The average molecular weight is 293 g/mol. The van der Waals surface area contributed by atoms with Crippen LogP contribution in [0, 0.1) is 0 Å². The van der Waals surface area contributed by atoms with Crippen LogP contribution < -0.4 is 5.32 Å². The lowest BCUT2D eigenvalue weighted by molar-refractivity contribution is -0.143. The van der Waals surface area contributed by atoms with Crippen LogP contribution in [0.1, 0.15) is 36.5 Å². The van der Waals surface area contributed by atoms with E-state index in [-0.39, 0.29) is 29.9 Å². The van der Waals surface area contributed by atoms with Gasteiger partial charge in [0.25, 0.3) is 5.91 Å². The van der Waals surface area contributed by atoms with Gasteiger partial charge >= 0.3 is 5.97 Å². The van der Waals surface area contributed by atoms with Crippen LogP contribution in [0.25, 0.3) is 0 Å². The first kappa shape index (κ1) is 16.7. The molecule has 1 atom stereocenters. The first-order valence-electron chi connectivity index (χ1n) is 6.67. The second-order valence-electron chi connectivity index (χ2n) is 4.53. The monoisotopic (exact) mass is 293 g/mol. The van der Waals surface area contributed by atoms with Crippen LogP contribution in [0.15, 0.2) is 24.3 Å². The highest BCUT2D eigenvalue weighted by Crippen LogP contribution is 2.11. The van der Waals surface area contributed by atoms with Gasteiger partial charge in [-0.05, 0) is 24.6 Å². The minimum atomic E-state index is -0.889. The number of carbonyl (C=O) groups is 3. The van der Waals surface area contributed by atoms with E-state index < -0.39 is 17.9 Å². The van der Waals surface area contributed by atoms with Gasteiger partial charge in [0.05, 0.1) is 7.11 Å². The number of methoxy groups -OCH3 is 1. The number of phenolic OH excluding ortho intramolecular Hbond substituents is 1. The summed E-state index contributed by atoms with van der Waals surface area (Å²) >= 11 is 0. The van der Waals surface area contributed by atoms with Crippen LogP contribution in [0.3, 0.4) is 0 Å². The normalized spacial score (nSPS) is 11.5. The molecule has 0 aliphatic carbocycles. The molecule has 1 aromatic rings. The molecule has 6 heteroatoms. The van der Waals surface area contributed by atoms with Crippen LogP contribution in [-0.2, 0) is 14.3 Å². The van der Waals surface area contributed by atoms with E-state index in [1.807, 2.05) is 0 Å². The van der Waals surface area contributed by atoms with Gasteiger partial charge in [-0.15, -0.1) is 0 Å². The van der Waals surface area contributed by atoms with Crippen molar-refractivity contribution in [2.24, 2.45) is 0 Å². The number of benzene rings is 1. The van der Waals surface area contributed by atoms with E-state index in [9.17, 15) is 19.5 Å². The Morgan fingerprint density at radius 3 is 2.62 bits per heavy atom. The Balaban J connectivity index is 2.73. The van der Waals surface area contributed by atoms with Gasteiger partial charge in [0.1, 0.15) is 17.6 Å². The number of nitrogens with one attached hydrogen (secondary N) is 1. The van der Waals surface area contributed by atoms with Crippen LogP contribution >= 0.6 is 0 Å². The van der Waals surface area contributed by atoms with Gasteiger partial charge < -0.3 is 15.2 Å². The number of ether oxygens (including phenoxy) is 1. The average Bonchev–Trinajstić information content (AvgIpc) is 2.49. The predicted octanol–water partition coefficient (Wildman–Crippen LogP) is 1.42. The fourth-order valence-corrected chi connectivity index (χ4v) is 1.76. The van der Waals surface area contributed by atoms with Crippen LogP contribution in [-0.4, -0.2) is 35.9 Å². The summed E-state index contributed by atoms with van der Waals surface area (Å²) < 4.78 is 4.62. The third-order valence-corrected chi connectivity index (χ3v) is 3.01. The molecule has 6 nitrogen and oxygen atoms in total. The first-order chi connectivity index (χ1) is 9.97. The highest BCUT2D eigenvalue weighted by atomic mass is 16.5. The summed E-state index contributed by atoms with van der Waals surface area (Å²) in [7, 11) is 1.22. The summed E-state index contributed by atoms with van der Waals surface area (Å²) in [6.45, 7) is 1.74. The van der Waals surface area contributed by atoms with Gasteiger partial charge in [0.15, 0.2) is 0 Å². The lowest BCUT2D eigenvalue weighted by Gasteiger charge is -2.16. The van der Waals surface area contributed by atoms with Crippen molar-refractivity contribution in [1.82, 2.24) is 5.32 Å². The van der Waals surface area contributed by atoms with Crippen molar-refractivity contribution in [1.29, 1.82) is 0 Å². The Hall–Kier alpha value is -2.37. The Kier molecular flexibility index (Phi) is 6.39. The highest BCUT2D eigenvalue weighted by Gasteiger charge is 2.22. The maximum Gasteiger partial charge on any atom is 0.328 e. The summed E-state index contributed by atoms with van der Waals surface area (Å²) in [6.07, 6.45) is 0.759. The maximum absolute atomic E-state index is 12.0. The third-order valence-electron chi connectivity index (χ3n) is 3.01. The lowest BCUT2D eigenvalue weighted by Crippen LogP contribution is -2.41. The van der Waals surface area contributed by atoms with Crippen LogP contribution in [0.4, 0.5) is 0 Å². The summed E-state index contributed by atoms with van der Waals surface area (Å²) in [5, 5.41) is 11.9. The van der Waals surface area contributed by atoms with E-state index in [1.165, 1.54) is 31.4 Å². The number of ketones is 1. The summed E-state index contributed by atoms with van der Waals surface area (Å²) in [4.78, 5) is 35.0. The second kappa shape index (κ2) is 8.04. The van der Waals surface area contributed by atoms with E-state index >= 15 is 0 Å². The number of phenols is 1. The Morgan fingerprint density at radius 1 is 1.33 bits per heavy atom. The SMILES string of the molecule is CCC(=O)CC[C@H](NC(=O)c1cccc(O)c1)C(=O)OC. The van der Waals surface area contributed by atoms with Gasteiger partial charge in [-0.3, -0.25) is 9.59 Å². The Morgan fingerprint density at radius 2 is 2.05 bits per heavy atom. The molecule has 0 bridgehead atoms. The summed E-state index contributed by atoms with van der Waals surface area (Å²) in [5.74, 6) is -1.15. The molecule has 2 N–H and O–H groups in total. The van der Waals surface area contributed by atoms with Crippen molar-refractivity contribution in [2.75, 3.05) is 7.11 Å². The lowest BCUT2D eigenvalue weighted by atomic mass is 10.1. The molecule has 0 saturated carbocycles. The molecule has 0 fully saturated rings. The molecule has 1 rings (SSSR count). The number of amides is 1. The van der Waals surface area contributed by atoms with Crippen molar-refractivity contribution in [3.63, 3.8) is 0 Å². The van der Waals surface area contributed by atoms with Gasteiger partial charge in [0, 0.05) is 18.4 Å². The topological polar surface area (TPSA) is 92.7 Å². The molecule has 1 amide bonds. The number of Topliss-reactive ketones (excluding diaryl/α,β-unsaturated/α-hetero) is 1. The first-order valence-corrected chi connectivity index (χ1v) is 6.67. The molecule has 0 heterocycles. The fraction of sp³-hybridized carbons (Fsp3) is 0.400. The van der Waals surface area contributed by atoms with Gasteiger partial charge in [-0.2, -0.15) is 0 Å². The molecule has 0 aliphatic heterocycles. The summed E-state index contributed by atoms with van der Waals surface area (Å²) in [6, 6.07) is 4.88. The van der Waals surface area contributed by atoms with Gasteiger partial charge in [-0.1, -0.05) is 13.0 Å². The zero-order chi connectivity index (χ0) is 15.8. The zero-order valence-electron chi connectivity index (χ0n) is 12.1. The van der Waals surface area contributed by atoms with Crippen molar-refractivity contribution in [3.8, 4) is 5.75 Å². The number of rotatable bonds is 7. The predicted molar refractivity (Wildman–Crippen MR) is 75.9 cm³/mol. The minimum Gasteiger partial charge on any atom is -0.508 e. The number of carbonyl (C=O) groups excluding carboxylic acids is 3. The Bertz CT molecular complexity index is 527. The molecule has 0 radical (unpaired) electrons. The van der Waals surface area contributed by atoms with Gasteiger partial charge in [-0.25, -0.2) is 4.79 Å². The zero-order valence-corrected chi connectivity index (χ0v) is 12.1. The van der Waals surface area contributed by atoms with Crippen molar-refractivity contribution in [3.05, 3.63) is 29.8 Å². The maximum atomic E-state index is 12.0. The van der Waals surface area contributed by atoms with E-state index in [0.717, 1.165) is 0 Å². The molecule has 0 aliphatic rings. The molecule has 21 heavy (non-hydrogen) atoms. The fourth-order valence-electron chi connectivity index (χ4n) is 1.76. The number of aromatic hydroxyl groups is 1. The van der Waals surface area contributed by atoms with Crippen LogP contribution in [0.2, 0.25) is 0 Å². The van der Waals surface area contributed by atoms with E-state index in [2.05, 4.69) is 10.1 Å². The third kappa shape index (κ3) is 5.25. The number of hydrogen-bond acceptors (Lipinski definition) is 5. The quantitative estimate of drug-likeness (QED) is 0.742. The van der Waals surface area contributed by atoms with E-state index in [4.69, 9.17) is 0 Å². The van der Waals surface area contributed by atoms with E-state index in [1.54, 1.807) is 6.92 Å². The molecular formula is C15H19NO5. The Labute approximate surface area is 123 Å². The molecular weight excluding hydrogens is 274 g/mol. The van der Waals surface area contributed by atoms with Crippen LogP contribution in [0.5, 0.6) is 5.75 Å². The number of hydrogen-bond donors (Lipinski definition) is 2. The smallest absolute Gasteiger partial charge is 0.328 e. The molecule has 0 saturated heterocycles. The molecule has 0 unspecified atom stereocenters. The largest absolute Gasteiger partial charge is 0.508 e. The minimum absolute atomic E-state index is 0.00973. The highest BCUT2D eigenvalue weighted by molar-refractivity contribution is 5.97. The molecule has 114 valence electrons. The summed E-state index contributed by atoms with van der Waals surface area (Å²) in [5.41, 5.74) is 0.228. The van der Waals surface area contributed by atoms with E-state index in [0.29, 0.717) is 6.42 Å². The number of esters is 1. The molecule has 0 aromatic heterocycles. The van der Waals surface area contributed by atoms with Crippen molar-refractivity contribution >= 4 is 17.7 Å². The second-order valence-corrected chi connectivity index (χ2v) is 4.53. The van der Waals surface area contributed by atoms with Crippen molar-refractivity contribution < 1.29 is 24.2 Å².